The first-order chi connectivity index (χ1) is 7.37. The average Bonchev–Trinajstić information content (AvgIpc) is 2.58. The van der Waals surface area contributed by atoms with Crippen molar-refractivity contribution in [3.63, 3.8) is 0 Å². The molecule has 2 N–H and O–H groups in total. The Morgan fingerprint density at radius 1 is 1.25 bits per heavy atom. The van der Waals surface area contributed by atoms with Gasteiger partial charge in [-0.05, 0) is 30.2 Å². The van der Waals surface area contributed by atoms with Crippen molar-refractivity contribution in [1.82, 2.24) is 10.6 Å². The van der Waals surface area contributed by atoms with Crippen LogP contribution in [0.25, 0.3) is 0 Å². The van der Waals surface area contributed by atoms with E-state index in [1.165, 1.54) is 6.42 Å². The molecule has 1 atom stereocenters. The Kier molecular flexibility index (Phi) is 2.77. The Morgan fingerprint density at radius 2 is 1.88 bits per heavy atom. The van der Waals surface area contributed by atoms with E-state index in [0.717, 1.165) is 19.5 Å². The summed E-state index contributed by atoms with van der Waals surface area (Å²) in [5.41, 5.74) is 0.304. The van der Waals surface area contributed by atoms with Gasteiger partial charge in [-0.3, -0.25) is 4.79 Å². The molecule has 3 nitrogen and oxygen atoms in total. The van der Waals surface area contributed by atoms with Crippen LogP contribution < -0.4 is 10.6 Å². The van der Waals surface area contributed by atoms with Crippen molar-refractivity contribution >= 4 is 5.91 Å². The van der Waals surface area contributed by atoms with Crippen molar-refractivity contribution in [2.45, 2.75) is 46.6 Å². The molecule has 16 heavy (non-hydrogen) atoms. The van der Waals surface area contributed by atoms with Crippen molar-refractivity contribution in [3.05, 3.63) is 0 Å². The molecular formula is C13H24N2O. The Bertz CT molecular complexity index is 276. The number of piperidine rings is 1. The van der Waals surface area contributed by atoms with Gasteiger partial charge in [-0.1, -0.05) is 27.7 Å². The van der Waals surface area contributed by atoms with E-state index in [9.17, 15) is 4.79 Å². The van der Waals surface area contributed by atoms with Crippen LogP contribution >= 0.6 is 0 Å². The first-order valence-corrected chi connectivity index (χ1v) is 6.38. The van der Waals surface area contributed by atoms with Gasteiger partial charge in [0.25, 0.3) is 0 Å². The first-order valence-electron chi connectivity index (χ1n) is 6.38. The molecule has 1 amide bonds. The number of rotatable bonds is 2. The highest BCUT2D eigenvalue weighted by molar-refractivity contribution is 5.84. The predicted octanol–water partition coefficient (Wildman–Crippen LogP) is 1.54. The largest absolute Gasteiger partial charge is 0.352 e. The molecule has 1 saturated heterocycles. The maximum Gasteiger partial charge on any atom is 0.224 e. The molecule has 0 radical (unpaired) electrons. The molecule has 2 aliphatic rings. The third-order valence-corrected chi connectivity index (χ3v) is 4.93. The highest BCUT2D eigenvalue weighted by Crippen LogP contribution is 2.68. The molecule has 3 heteroatoms. The molecule has 1 saturated carbocycles. The second kappa shape index (κ2) is 3.73. The zero-order chi connectivity index (χ0) is 12.0. The molecule has 0 aromatic rings. The summed E-state index contributed by atoms with van der Waals surface area (Å²) in [6.07, 6.45) is 2.29. The van der Waals surface area contributed by atoms with Crippen LogP contribution in [0.4, 0.5) is 0 Å². The molecule has 0 spiro atoms. The van der Waals surface area contributed by atoms with Gasteiger partial charge in [0, 0.05) is 18.5 Å². The highest BCUT2D eigenvalue weighted by Gasteiger charge is 2.68. The Labute approximate surface area is 98.4 Å². The summed E-state index contributed by atoms with van der Waals surface area (Å²) in [6.45, 7) is 10.8. The monoisotopic (exact) mass is 224 g/mol. The van der Waals surface area contributed by atoms with Crippen LogP contribution in [-0.2, 0) is 4.79 Å². The Morgan fingerprint density at radius 3 is 2.31 bits per heavy atom. The lowest BCUT2D eigenvalue weighted by atomic mass is 10.0. The molecule has 0 unspecified atom stereocenters. The van der Waals surface area contributed by atoms with Crippen molar-refractivity contribution < 1.29 is 4.79 Å². The van der Waals surface area contributed by atoms with Crippen molar-refractivity contribution in [2.75, 3.05) is 13.1 Å². The molecule has 0 aromatic carbocycles. The lowest BCUT2D eigenvalue weighted by Crippen LogP contribution is -2.46. The van der Waals surface area contributed by atoms with Crippen molar-refractivity contribution in [2.24, 2.45) is 16.7 Å². The van der Waals surface area contributed by atoms with Crippen LogP contribution in [-0.4, -0.2) is 25.0 Å². The summed E-state index contributed by atoms with van der Waals surface area (Å²) in [6, 6.07) is 0.341. The molecule has 2 rings (SSSR count). The van der Waals surface area contributed by atoms with Gasteiger partial charge >= 0.3 is 0 Å². The van der Waals surface area contributed by atoms with Gasteiger partial charge in [-0.25, -0.2) is 0 Å². The van der Waals surface area contributed by atoms with Gasteiger partial charge in [0.2, 0.25) is 5.91 Å². The zero-order valence-electron chi connectivity index (χ0n) is 10.9. The minimum absolute atomic E-state index is 0.152. The highest BCUT2D eigenvalue weighted by atomic mass is 16.2. The zero-order valence-corrected chi connectivity index (χ0v) is 10.9. The number of carbonyl (C=O) groups excluding carboxylic acids is 1. The number of nitrogens with one attached hydrogen (secondary N) is 2. The van der Waals surface area contributed by atoms with Crippen molar-refractivity contribution in [1.29, 1.82) is 0 Å². The maximum atomic E-state index is 12.2. The van der Waals surface area contributed by atoms with E-state index in [1.54, 1.807) is 0 Å². The molecule has 92 valence electrons. The van der Waals surface area contributed by atoms with Crippen molar-refractivity contribution in [3.8, 4) is 0 Å². The van der Waals surface area contributed by atoms with E-state index >= 15 is 0 Å². The Hall–Kier alpha value is -0.570. The second-order valence-electron chi connectivity index (χ2n) is 6.43. The fraction of sp³-hybridized carbons (Fsp3) is 0.923. The number of carbonyl (C=O) groups is 1. The Balaban J connectivity index is 1.90. The summed E-state index contributed by atoms with van der Waals surface area (Å²) in [5, 5.41) is 6.52. The summed E-state index contributed by atoms with van der Waals surface area (Å²) < 4.78 is 0. The molecule has 0 bridgehead atoms. The van der Waals surface area contributed by atoms with E-state index < -0.39 is 0 Å². The molecule has 1 heterocycles. The molecule has 2 fully saturated rings. The van der Waals surface area contributed by atoms with Crippen LogP contribution in [0.3, 0.4) is 0 Å². The van der Waals surface area contributed by atoms with E-state index in [2.05, 4.69) is 38.3 Å². The van der Waals surface area contributed by atoms with E-state index in [4.69, 9.17) is 0 Å². The minimum Gasteiger partial charge on any atom is -0.352 e. The quantitative estimate of drug-likeness (QED) is 0.747. The first kappa shape index (κ1) is 11.9. The van der Waals surface area contributed by atoms with E-state index in [-0.39, 0.29) is 22.7 Å². The lowest BCUT2D eigenvalue weighted by Gasteiger charge is -2.24. The number of hydrogen-bond acceptors (Lipinski definition) is 2. The predicted molar refractivity (Wildman–Crippen MR) is 65.1 cm³/mol. The normalized spacial score (nSPS) is 32.1. The fourth-order valence-electron chi connectivity index (χ4n) is 3.11. The molecular weight excluding hydrogens is 200 g/mol. The second-order valence-corrected chi connectivity index (χ2v) is 6.43. The smallest absolute Gasteiger partial charge is 0.224 e. The maximum absolute atomic E-state index is 12.2. The molecule has 1 aliphatic carbocycles. The van der Waals surface area contributed by atoms with Gasteiger partial charge in [0.05, 0.1) is 0 Å². The SMILES string of the molecule is CC1(C)C(C(=O)N[C@H]2CCCNC2)C1(C)C. The fourth-order valence-corrected chi connectivity index (χ4v) is 3.11. The topological polar surface area (TPSA) is 41.1 Å². The molecule has 0 aromatic heterocycles. The summed E-state index contributed by atoms with van der Waals surface area (Å²) >= 11 is 0. The van der Waals surface area contributed by atoms with Crippen LogP contribution in [0.15, 0.2) is 0 Å². The van der Waals surface area contributed by atoms with Gasteiger partial charge in [0.1, 0.15) is 0 Å². The van der Waals surface area contributed by atoms with Crippen LogP contribution in [0, 0.1) is 16.7 Å². The minimum atomic E-state index is 0.152. The number of amides is 1. The third-order valence-electron chi connectivity index (χ3n) is 4.93. The van der Waals surface area contributed by atoms with Gasteiger partial charge in [-0.15, -0.1) is 0 Å². The lowest BCUT2D eigenvalue weighted by molar-refractivity contribution is -0.124. The van der Waals surface area contributed by atoms with E-state index in [0.29, 0.717) is 6.04 Å². The summed E-state index contributed by atoms with van der Waals surface area (Å²) in [5.74, 6) is 0.436. The summed E-state index contributed by atoms with van der Waals surface area (Å²) in [7, 11) is 0. The van der Waals surface area contributed by atoms with Gasteiger partial charge in [0.15, 0.2) is 0 Å². The van der Waals surface area contributed by atoms with Crippen LogP contribution in [0.2, 0.25) is 0 Å². The molecule has 1 aliphatic heterocycles. The van der Waals surface area contributed by atoms with Crippen LogP contribution in [0.1, 0.15) is 40.5 Å². The van der Waals surface area contributed by atoms with Crippen LogP contribution in [0.5, 0.6) is 0 Å². The standard InChI is InChI=1S/C13H24N2O/c1-12(2)10(13(12,3)4)11(16)15-9-6-5-7-14-8-9/h9-10,14H,5-8H2,1-4H3,(H,15,16)/t9-/m0/s1. The number of hydrogen-bond donors (Lipinski definition) is 2. The van der Waals surface area contributed by atoms with E-state index in [1.807, 2.05) is 0 Å². The average molecular weight is 224 g/mol. The van der Waals surface area contributed by atoms with Gasteiger partial charge in [-0.2, -0.15) is 0 Å². The summed E-state index contributed by atoms with van der Waals surface area (Å²) in [4.78, 5) is 12.2. The van der Waals surface area contributed by atoms with Gasteiger partial charge < -0.3 is 10.6 Å². The third kappa shape index (κ3) is 1.75.